The van der Waals surface area contributed by atoms with Gasteiger partial charge in [-0.2, -0.15) is 0 Å². The average Bonchev–Trinajstić information content (AvgIpc) is 3.06. The molecule has 1 N–H and O–H groups in total. The summed E-state index contributed by atoms with van der Waals surface area (Å²) in [5.74, 6) is 0.664. The van der Waals surface area contributed by atoms with Gasteiger partial charge in [-0.15, -0.1) is 10.2 Å². The van der Waals surface area contributed by atoms with Gasteiger partial charge in [0.05, 0.1) is 11.0 Å². The van der Waals surface area contributed by atoms with E-state index in [4.69, 9.17) is 0 Å². The van der Waals surface area contributed by atoms with Crippen LogP contribution in [0.25, 0.3) is 16.7 Å². The molecule has 6 nitrogen and oxygen atoms in total. The fraction of sp³-hybridized carbons (Fsp3) is 0.0588. The zero-order valence-corrected chi connectivity index (χ0v) is 12.4. The van der Waals surface area contributed by atoms with E-state index in [-0.39, 0.29) is 5.78 Å². The van der Waals surface area contributed by atoms with Crippen LogP contribution in [0.2, 0.25) is 0 Å². The Morgan fingerprint density at radius 2 is 1.87 bits per heavy atom. The molecule has 4 rings (SSSR count). The van der Waals surface area contributed by atoms with E-state index in [1.54, 1.807) is 25.4 Å². The van der Waals surface area contributed by atoms with Crippen LogP contribution in [-0.4, -0.2) is 25.4 Å². The molecule has 0 unspecified atom stereocenters. The Morgan fingerprint density at radius 1 is 1.09 bits per heavy atom. The number of benzene rings is 2. The number of ketones is 1. The minimum Gasteiger partial charge on any atom is -0.337 e. The maximum Gasteiger partial charge on any atom is 0.204 e. The summed E-state index contributed by atoms with van der Waals surface area (Å²) in [6, 6.07) is 15.1. The molecule has 112 valence electrons. The van der Waals surface area contributed by atoms with E-state index in [1.165, 1.54) is 0 Å². The van der Waals surface area contributed by atoms with E-state index in [1.807, 2.05) is 40.8 Å². The van der Waals surface area contributed by atoms with Gasteiger partial charge in [-0.1, -0.05) is 12.1 Å². The average molecular weight is 303 g/mol. The van der Waals surface area contributed by atoms with Crippen LogP contribution in [0.3, 0.4) is 0 Å². The van der Waals surface area contributed by atoms with Crippen molar-refractivity contribution in [1.29, 1.82) is 0 Å². The molecule has 0 amide bonds. The van der Waals surface area contributed by atoms with Crippen LogP contribution in [0.15, 0.2) is 54.9 Å². The molecule has 23 heavy (non-hydrogen) atoms. The van der Waals surface area contributed by atoms with Crippen LogP contribution in [-0.2, 0) is 0 Å². The zero-order valence-electron chi connectivity index (χ0n) is 12.4. The summed E-state index contributed by atoms with van der Waals surface area (Å²) in [4.78, 5) is 16.0. The number of carbonyl (C=O) groups is 1. The second kappa shape index (κ2) is 5.17. The smallest absolute Gasteiger partial charge is 0.204 e. The van der Waals surface area contributed by atoms with Crippen LogP contribution < -0.4 is 5.32 Å². The van der Waals surface area contributed by atoms with Gasteiger partial charge >= 0.3 is 0 Å². The number of hydrogen-bond acceptors (Lipinski definition) is 5. The molecule has 0 radical (unpaired) electrons. The maximum absolute atomic E-state index is 11.3. The summed E-state index contributed by atoms with van der Waals surface area (Å²) >= 11 is 0. The van der Waals surface area contributed by atoms with E-state index >= 15 is 0 Å². The highest BCUT2D eigenvalue weighted by molar-refractivity contribution is 5.94. The van der Waals surface area contributed by atoms with Crippen molar-refractivity contribution < 1.29 is 4.79 Å². The van der Waals surface area contributed by atoms with Gasteiger partial charge in [0.1, 0.15) is 6.33 Å². The van der Waals surface area contributed by atoms with Crippen molar-refractivity contribution in [3.05, 3.63) is 60.4 Å². The van der Waals surface area contributed by atoms with Crippen LogP contribution >= 0.6 is 0 Å². The van der Waals surface area contributed by atoms with Gasteiger partial charge in [0.15, 0.2) is 11.6 Å². The third-order valence-corrected chi connectivity index (χ3v) is 3.69. The molecule has 0 spiro atoms. The summed E-state index contributed by atoms with van der Waals surface area (Å²) in [7, 11) is 0. The molecule has 6 heteroatoms. The van der Waals surface area contributed by atoms with Crippen molar-refractivity contribution in [2.24, 2.45) is 0 Å². The Balaban J connectivity index is 1.81. The Kier molecular flexibility index (Phi) is 3.01. The van der Waals surface area contributed by atoms with Gasteiger partial charge in [0.25, 0.3) is 0 Å². The minimum atomic E-state index is 0.0419. The molecule has 4 aromatic rings. The molecule has 0 atom stereocenters. The van der Waals surface area contributed by atoms with Gasteiger partial charge in [-0.05, 0) is 43.3 Å². The molecular weight excluding hydrogens is 290 g/mol. The van der Waals surface area contributed by atoms with Gasteiger partial charge in [0.2, 0.25) is 5.65 Å². The van der Waals surface area contributed by atoms with Gasteiger partial charge in [-0.3, -0.25) is 9.20 Å². The molecule has 0 bridgehead atoms. The molecule has 0 fully saturated rings. The van der Waals surface area contributed by atoms with Gasteiger partial charge in [0, 0.05) is 11.3 Å². The third-order valence-electron chi connectivity index (χ3n) is 3.69. The highest BCUT2D eigenvalue weighted by atomic mass is 16.1. The fourth-order valence-corrected chi connectivity index (χ4v) is 2.51. The molecule has 0 aliphatic rings. The van der Waals surface area contributed by atoms with E-state index in [0.717, 1.165) is 16.7 Å². The first kappa shape index (κ1) is 13.4. The summed E-state index contributed by atoms with van der Waals surface area (Å²) in [5, 5.41) is 11.4. The predicted molar refractivity (Wildman–Crippen MR) is 88.0 cm³/mol. The molecule has 2 aromatic carbocycles. The van der Waals surface area contributed by atoms with Gasteiger partial charge in [-0.25, -0.2) is 4.98 Å². The largest absolute Gasteiger partial charge is 0.337 e. The predicted octanol–water partition coefficient (Wildman–Crippen LogP) is 3.22. The maximum atomic E-state index is 11.3. The number of nitrogens with zero attached hydrogens (tertiary/aromatic N) is 4. The lowest BCUT2D eigenvalue weighted by molar-refractivity contribution is 0.101. The Morgan fingerprint density at radius 3 is 2.65 bits per heavy atom. The lowest BCUT2D eigenvalue weighted by Gasteiger charge is -2.09. The lowest BCUT2D eigenvalue weighted by atomic mass is 10.1. The van der Waals surface area contributed by atoms with E-state index in [2.05, 4.69) is 20.5 Å². The van der Waals surface area contributed by atoms with Crippen molar-refractivity contribution in [3.63, 3.8) is 0 Å². The van der Waals surface area contributed by atoms with Crippen molar-refractivity contribution in [2.45, 2.75) is 6.92 Å². The second-order valence-electron chi connectivity index (χ2n) is 5.23. The SMILES string of the molecule is CC(=O)c1ccc(Nc2nc3ccccc3n3cnnc23)cc1. The monoisotopic (exact) mass is 303 g/mol. The number of fused-ring (bicyclic) bond motifs is 3. The second-order valence-corrected chi connectivity index (χ2v) is 5.23. The molecule has 0 saturated carbocycles. The Labute approximate surface area is 131 Å². The number of Topliss-reactive ketones (excluding diaryl/α,β-unsaturated/α-hetero) is 1. The quantitative estimate of drug-likeness (QED) is 0.588. The molecule has 0 aliphatic carbocycles. The van der Waals surface area contributed by atoms with Crippen molar-refractivity contribution in [3.8, 4) is 0 Å². The topological polar surface area (TPSA) is 72.2 Å². The number of nitrogens with one attached hydrogen (secondary N) is 1. The summed E-state index contributed by atoms with van der Waals surface area (Å²) in [6.45, 7) is 1.55. The standard InChI is InChI=1S/C17H13N5O/c1-11(23)12-6-8-13(9-7-12)19-16-17-21-18-10-22(17)15-5-3-2-4-14(15)20-16/h2-10H,1H3,(H,19,20). The molecule has 2 heterocycles. The van der Waals surface area contributed by atoms with Crippen LogP contribution in [0, 0.1) is 0 Å². The normalized spacial score (nSPS) is 11.0. The number of para-hydroxylation sites is 2. The highest BCUT2D eigenvalue weighted by Crippen LogP contribution is 2.23. The zero-order chi connectivity index (χ0) is 15.8. The minimum absolute atomic E-state index is 0.0419. The van der Waals surface area contributed by atoms with Crippen LogP contribution in [0.5, 0.6) is 0 Å². The first-order chi connectivity index (χ1) is 11.2. The number of aromatic nitrogens is 4. The Bertz CT molecular complexity index is 1020. The molecule has 0 aliphatic heterocycles. The number of rotatable bonds is 3. The summed E-state index contributed by atoms with van der Waals surface area (Å²) in [5.41, 5.74) is 3.96. The van der Waals surface area contributed by atoms with Gasteiger partial charge < -0.3 is 5.32 Å². The summed E-state index contributed by atoms with van der Waals surface area (Å²) < 4.78 is 1.90. The number of carbonyl (C=O) groups excluding carboxylic acids is 1. The van der Waals surface area contributed by atoms with E-state index < -0.39 is 0 Å². The van der Waals surface area contributed by atoms with Crippen molar-refractivity contribution in [2.75, 3.05) is 5.32 Å². The van der Waals surface area contributed by atoms with Crippen molar-refractivity contribution in [1.82, 2.24) is 19.6 Å². The molecule has 0 saturated heterocycles. The molecular formula is C17H13N5O. The Hall–Kier alpha value is -3.28. The summed E-state index contributed by atoms with van der Waals surface area (Å²) in [6.07, 6.45) is 1.67. The highest BCUT2D eigenvalue weighted by Gasteiger charge is 2.10. The van der Waals surface area contributed by atoms with Crippen LogP contribution in [0.4, 0.5) is 11.5 Å². The lowest BCUT2D eigenvalue weighted by Crippen LogP contribution is -2.00. The van der Waals surface area contributed by atoms with Crippen LogP contribution in [0.1, 0.15) is 17.3 Å². The number of hydrogen-bond donors (Lipinski definition) is 1. The van der Waals surface area contributed by atoms with Crippen molar-refractivity contribution >= 4 is 34.0 Å². The van der Waals surface area contributed by atoms with E-state index in [9.17, 15) is 4.79 Å². The first-order valence-corrected chi connectivity index (χ1v) is 7.19. The first-order valence-electron chi connectivity index (χ1n) is 7.19. The third kappa shape index (κ3) is 2.30. The van der Waals surface area contributed by atoms with E-state index in [0.29, 0.717) is 17.0 Å². The fourth-order valence-electron chi connectivity index (χ4n) is 2.51. The number of anilines is 2. The molecule has 2 aromatic heterocycles.